The van der Waals surface area contributed by atoms with Crippen LogP contribution in [-0.2, 0) is 0 Å². The minimum absolute atomic E-state index is 0.0139. The summed E-state index contributed by atoms with van der Waals surface area (Å²) in [5, 5.41) is 15.2. The van der Waals surface area contributed by atoms with E-state index in [1.165, 1.54) is 17.4 Å². The smallest absolute Gasteiger partial charge is 0.143 e. The van der Waals surface area contributed by atoms with E-state index >= 15 is 0 Å². The number of benzene rings is 2. The number of rotatable bonds is 4. The van der Waals surface area contributed by atoms with Crippen molar-refractivity contribution in [1.82, 2.24) is 4.98 Å². The Morgan fingerprint density at radius 1 is 1.14 bits per heavy atom. The number of hydrogen-bond donors (Lipinski definition) is 1. The number of nitrogens with zero attached hydrogens (tertiary/aromatic N) is 2. The summed E-state index contributed by atoms with van der Waals surface area (Å²) in [6.07, 6.45) is 1.73. The van der Waals surface area contributed by atoms with Crippen molar-refractivity contribution in [3.63, 3.8) is 0 Å². The van der Waals surface area contributed by atoms with Gasteiger partial charge in [-0.2, -0.15) is 5.26 Å². The third-order valence-corrected chi connectivity index (χ3v) is 4.10. The van der Waals surface area contributed by atoms with Crippen LogP contribution < -0.4 is 5.32 Å². The first kappa shape index (κ1) is 14.2. The molecule has 3 aromatic rings. The van der Waals surface area contributed by atoms with Crippen LogP contribution in [0.15, 0.2) is 60.1 Å². The van der Waals surface area contributed by atoms with Gasteiger partial charge in [0.2, 0.25) is 0 Å². The molecule has 0 aliphatic heterocycles. The summed E-state index contributed by atoms with van der Waals surface area (Å²) in [6, 6.07) is 16.0. The largest absolute Gasteiger partial charge is 0.371 e. The number of nitrogens with one attached hydrogen (secondary N) is 1. The summed E-state index contributed by atoms with van der Waals surface area (Å²) in [6.45, 7) is 0. The molecule has 1 unspecified atom stereocenters. The van der Waals surface area contributed by atoms with Crippen molar-refractivity contribution in [2.75, 3.05) is 5.32 Å². The molecule has 0 radical (unpaired) electrons. The molecule has 0 spiro atoms. The molecule has 0 amide bonds. The molecule has 0 aliphatic carbocycles. The number of anilines is 1. The Morgan fingerprint density at radius 3 is 2.64 bits per heavy atom. The Balaban J connectivity index is 2.02. The van der Waals surface area contributed by atoms with E-state index < -0.39 is 5.82 Å². The van der Waals surface area contributed by atoms with Gasteiger partial charge in [0, 0.05) is 11.6 Å². The van der Waals surface area contributed by atoms with Crippen LogP contribution in [0.25, 0.3) is 0 Å². The summed E-state index contributed by atoms with van der Waals surface area (Å²) in [5.41, 5.74) is 1.48. The van der Waals surface area contributed by atoms with Crippen LogP contribution >= 0.6 is 11.3 Å². The van der Waals surface area contributed by atoms with Crippen LogP contribution in [0.1, 0.15) is 22.2 Å². The number of thiazole rings is 1. The van der Waals surface area contributed by atoms with Gasteiger partial charge in [0.05, 0.1) is 5.69 Å². The molecular weight excluding hydrogens is 297 g/mol. The van der Waals surface area contributed by atoms with E-state index in [9.17, 15) is 9.65 Å². The zero-order valence-corrected chi connectivity index (χ0v) is 12.3. The van der Waals surface area contributed by atoms with E-state index in [1.54, 1.807) is 18.3 Å². The summed E-state index contributed by atoms with van der Waals surface area (Å²) in [7, 11) is 0. The molecule has 0 bridgehead atoms. The third-order valence-electron chi connectivity index (χ3n) is 3.26. The van der Waals surface area contributed by atoms with E-state index in [-0.39, 0.29) is 11.6 Å². The second-order valence-corrected chi connectivity index (χ2v) is 5.56. The lowest BCUT2D eigenvalue weighted by atomic mass is 10.1. The standard InChI is InChI=1S/C17H12FN3S/c18-14-7-4-8-15(13(14)11-19)21-16(17-20-9-10-22-17)12-5-2-1-3-6-12/h1-10,16,21H. The molecule has 108 valence electrons. The Labute approximate surface area is 131 Å². The highest BCUT2D eigenvalue weighted by Gasteiger charge is 2.18. The van der Waals surface area contributed by atoms with E-state index in [0.29, 0.717) is 5.69 Å². The summed E-state index contributed by atoms with van der Waals surface area (Å²) >= 11 is 1.51. The first-order valence-corrected chi connectivity index (χ1v) is 7.57. The highest BCUT2D eigenvalue weighted by Crippen LogP contribution is 2.30. The Kier molecular flexibility index (Phi) is 4.12. The van der Waals surface area contributed by atoms with Gasteiger partial charge in [-0.1, -0.05) is 36.4 Å². The van der Waals surface area contributed by atoms with Crippen molar-refractivity contribution in [2.24, 2.45) is 0 Å². The maximum absolute atomic E-state index is 13.8. The van der Waals surface area contributed by atoms with Gasteiger partial charge >= 0.3 is 0 Å². The maximum atomic E-state index is 13.8. The molecule has 0 aliphatic rings. The van der Waals surface area contributed by atoms with E-state index in [0.717, 1.165) is 10.6 Å². The van der Waals surface area contributed by atoms with Crippen molar-refractivity contribution in [2.45, 2.75) is 6.04 Å². The zero-order chi connectivity index (χ0) is 15.4. The van der Waals surface area contributed by atoms with Crippen LogP contribution in [0.4, 0.5) is 10.1 Å². The lowest BCUT2D eigenvalue weighted by Gasteiger charge is -2.19. The molecule has 1 N–H and O–H groups in total. The molecule has 3 nitrogen and oxygen atoms in total. The van der Waals surface area contributed by atoms with Crippen LogP contribution in [0.5, 0.6) is 0 Å². The third kappa shape index (κ3) is 2.83. The fourth-order valence-corrected chi connectivity index (χ4v) is 2.94. The SMILES string of the molecule is N#Cc1c(F)cccc1NC(c1ccccc1)c1nccs1. The summed E-state index contributed by atoms with van der Waals surface area (Å²) in [4.78, 5) is 4.35. The van der Waals surface area contributed by atoms with E-state index in [2.05, 4.69) is 10.3 Å². The van der Waals surface area contributed by atoms with Gasteiger partial charge < -0.3 is 5.32 Å². The number of hydrogen-bond acceptors (Lipinski definition) is 4. The van der Waals surface area contributed by atoms with Gasteiger partial charge in [-0.15, -0.1) is 11.3 Å². The highest BCUT2D eigenvalue weighted by atomic mass is 32.1. The fourth-order valence-electron chi connectivity index (χ4n) is 2.22. The van der Waals surface area contributed by atoms with Crippen LogP contribution in [-0.4, -0.2) is 4.98 Å². The molecule has 3 rings (SSSR count). The monoisotopic (exact) mass is 309 g/mol. The molecule has 1 aromatic heterocycles. The average molecular weight is 309 g/mol. The van der Waals surface area contributed by atoms with Crippen molar-refractivity contribution in [3.8, 4) is 6.07 Å². The van der Waals surface area contributed by atoms with Gasteiger partial charge in [-0.3, -0.25) is 0 Å². The lowest BCUT2D eigenvalue weighted by molar-refractivity contribution is 0.624. The first-order chi connectivity index (χ1) is 10.8. The lowest BCUT2D eigenvalue weighted by Crippen LogP contribution is -2.13. The predicted molar refractivity (Wildman–Crippen MR) is 85.1 cm³/mol. The first-order valence-electron chi connectivity index (χ1n) is 6.69. The Hall–Kier alpha value is -2.71. The van der Waals surface area contributed by atoms with Gasteiger partial charge in [-0.25, -0.2) is 9.37 Å². The van der Waals surface area contributed by atoms with Crippen LogP contribution in [0.2, 0.25) is 0 Å². The molecule has 0 saturated heterocycles. The van der Waals surface area contributed by atoms with E-state index in [1.807, 2.05) is 41.8 Å². The Morgan fingerprint density at radius 2 is 1.95 bits per heavy atom. The zero-order valence-electron chi connectivity index (χ0n) is 11.5. The number of halogens is 1. The average Bonchev–Trinajstić information content (AvgIpc) is 3.07. The summed E-state index contributed by atoms with van der Waals surface area (Å²) in [5.74, 6) is -0.529. The van der Waals surface area contributed by atoms with E-state index in [4.69, 9.17) is 0 Å². The van der Waals surface area contributed by atoms with Crippen molar-refractivity contribution >= 4 is 17.0 Å². The fraction of sp³-hybridized carbons (Fsp3) is 0.0588. The van der Waals surface area contributed by atoms with Gasteiger partial charge in [0.15, 0.2) is 0 Å². The number of aromatic nitrogens is 1. The molecule has 5 heteroatoms. The van der Waals surface area contributed by atoms with Gasteiger partial charge in [-0.05, 0) is 17.7 Å². The molecule has 1 heterocycles. The van der Waals surface area contributed by atoms with Crippen LogP contribution in [0, 0.1) is 17.1 Å². The molecule has 0 fully saturated rings. The number of nitriles is 1. The molecule has 1 atom stereocenters. The van der Waals surface area contributed by atoms with Gasteiger partial charge in [0.25, 0.3) is 0 Å². The predicted octanol–water partition coefficient (Wildman–Crippen LogP) is 4.36. The molecule has 22 heavy (non-hydrogen) atoms. The molecular formula is C17H12FN3S. The highest BCUT2D eigenvalue weighted by molar-refractivity contribution is 7.09. The Bertz CT molecular complexity index is 795. The second-order valence-electron chi connectivity index (χ2n) is 4.63. The quantitative estimate of drug-likeness (QED) is 0.779. The van der Waals surface area contributed by atoms with Crippen molar-refractivity contribution in [3.05, 3.63) is 82.1 Å². The topological polar surface area (TPSA) is 48.7 Å². The molecule has 0 saturated carbocycles. The van der Waals surface area contributed by atoms with Crippen molar-refractivity contribution in [1.29, 1.82) is 5.26 Å². The summed E-state index contributed by atoms with van der Waals surface area (Å²) < 4.78 is 13.8. The minimum Gasteiger partial charge on any atom is -0.371 e. The van der Waals surface area contributed by atoms with Crippen LogP contribution in [0.3, 0.4) is 0 Å². The van der Waals surface area contributed by atoms with Crippen molar-refractivity contribution < 1.29 is 4.39 Å². The van der Waals surface area contributed by atoms with Gasteiger partial charge in [0.1, 0.15) is 28.5 Å². The maximum Gasteiger partial charge on any atom is 0.143 e. The second kappa shape index (κ2) is 6.37. The minimum atomic E-state index is -0.529. The normalized spacial score (nSPS) is 11.6. The molecule has 2 aromatic carbocycles.